The number of benzene rings is 2. The van der Waals surface area contributed by atoms with Crippen LogP contribution in [0.15, 0.2) is 54.7 Å². The molecule has 0 bridgehead atoms. The maximum atomic E-state index is 4.41. The summed E-state index contributed by atoms with van der Waals surface area (Å²) in [6.07, 6.45) is 1.84. The Morgan fingerprint density at radius 3 is 2.40 bits per heavy atom. The molecule has 3 aromatic rings. The molecule has 0 amide bonds. The molecule has 1 heterocycles. The monoisotopic (exact) mass is 188 g/mol. The van der Waals surface area contributed by atoms with E-state index in [9.17, 15) is 0 Å². The predicted octanol–water partition coefficient (Wildman–Crippen LogP) is 3.01. The van der Waals surface area contributed by atoms with Crippen molar-refractivity contribution < 1.29 is 0 Å². The Balaban J connectivity index is 0.000000853. The van der Waals surface area contributed by atoms with Gasteiger partial charge in [-0.2, -0.15) is 0 Å². The van der Waals surface area contributed by atoms with Crippen molar-refractivity contribution in [3.63, 3.8) is 0 Å². The number of pyridine rings is 1. The molecule has 2 radical (unpaired) electrons. The summed E-state index contributed by atoms with van der Waals surface area (Å²) >= 11 is 0. The molecule has 0 N–H and O–H groups in total. The number of aromatic nitrogens is 1. The first-order chi connectivity index (χ1) is 6.95. The van der Waals surface area contributed by atoms with E-state index in [1.807, 2.05) is 12.3 Å². The fourth-order valence-corrected chi connectivity index (χ4v) is 1.81. The Kier molecular flexibility index (Phi) is 2.49. The summed E-state index contributed by atoms with van der Waals surface area (Å²) in [5.74, 6) is 0. The van der Waals surface area contributed by atoms with Gasteiger partial charge in [0.2, 0.25) is 0 Å². The van der Waals surface area contributed by atoms with E-state index < -0.39 is 0 Å². The minimum Gasteiger partial charge on any atom is -0.256 e. The molecule has 2 aromatic carbocycles. The first kappa shape index (κ1) is 9.82. The zero-order chi connectivity index (χ0) is 9.38. The van der Waals surface area contributed by atoms with Gasteiger partial charge in [-0.1, -0.05) is 42.5 Å². The van der Waals surface area contributed by atoms with Gasteiger partial charge in [0.1, 0.15) is 0 Å². The van der Waals surface area contributed by atoms with Crippen LogP contribution in [0.3, 0.4) is 0 Å². The Labute approximate surface area is 92.0 Å². The van der Waals surface area contributed by atoms with Crippen molar-refractivity contribution in [1.29, 1.82) is 0 Å². The first-order valence-corrected chi connectivity index (χ1v) is 4.68. The fourth-order valence-electron chi connectivity index (χ4n) is 1.81. The van der Waals surface area contributed by atoms with Crippen LogP contribution >= 0.6 is 0 Å². The Morgan fingerprint density at radius 1 is 0.733 bits per heavy atom. The summed E-state index contributed by atoms with van der Waals surface area (Å²) in [6.45, 7) is 0. The second-order valence-corrected chi connectivity index (χ2v) is 3.36. The number of nitrogens with zero attached hydrogens (tertiary/aromatic N) is 1. The molecule has 0 aliphatic carbocycles. The normalized spacial score (nSPS) is 10.1. The molecule has 2 heteroatoms. The van der Waals surface area contributed by atoms with E-state index in [0.29, 0.717) is 0 Å². The van der Waals surface area contributed by atoms with E-state index in [0.717, 1.165) is 5.52 Å². The van der Waals surface area contributed by atoms with Gasteiger partial charge in [0.15, 0.2) is 0 Å². The van der Waals surface area contributed by atoms with Gasteiger partial charge < -0.3 is 0 Å². The van der Waals surface area contributed by atoms with Gasteiger partial charge in [0.25, 0.3) is 0 Å². The molecule has 0 saturated heterocycles. The van der Waals surface area contributed by atoms with Crippen molar-refractivity contribution in [3.8, 4) is 0 Å². The molecule has 0 saturated carbocycles. The van der Waals surface area contributed by atoms with E-state index in [-0.39, 0.29) is 10.1 Å². The van der Waals surface area contributed by atoms with Crippen LogP contribution in [0.1, 0.15) is 0 Å². The van der Waals surface area contributed by atoms with Crippen LogP contribution in [-0.2, 0) is 0 Å². The van der Waals surface area contributed by atoms with Crippen molar-refractivity contribution in [1.82, 2.24) is 4.98 Å². The van der Waals surface area contributed by atoms with Crippen LogP contribution < -0.4 is 0 Å². The van der Waals surface area contributed by atoms with Gasteiger partial charge in [-0.15, -0.1) is 0 Å². The zero-order valence-electron chi connectivity index (χ0n) is 8.35. The van der Waals surface area contributed by atoms with Gasteiger partial charge in [0.05, 0.1) is 5.52 Å². The molecule has 0 spiro atoms. The first-order valence-electron chi connectivity index (χ1n) is 4.68. The van der Waals surface area contributed by atoms with Gasteiger partial charge in [-0.25, -0.2) is 0 Å². The molecule has 0 aliphatic rings. The van der Waals surface area contributed by atoms with Crippen molar-refractivity contribution in [3.05, 3.63) is 54.7 Å². The van der Waals surface area contributed by atoms with E-state index >= 15 is 0 Å². The average molecular weight is 188 g/mol. The predicted molar refractivity (Wildman–Crippen MR) is 65.0 cm³/mol. The molecule has 0 unspecified atom stereocenters. The summed E-state index contributed by atoms with van der Waals surface area (Å²) in [5.41, 5.74) is 1.09. The van der Waals surface area contributed by atoms with Gasteiger partial charge in [0, 0.05) is 27.1 Å². The molecule has 0 aliphatic heterocycles. The minimum atomic E-state index is 0. The Hall–Kier alpha value is -1.72. The van der Waals surface area contributed by atoms with E-state index in [4.69, 9.17) is 0 Å². The molecule has 68 valence electrons. The fraction of sp³-hybridized carbons (Fsp3) is 0. The SMILES string of the molecule is [Be].c1ccc2c(c1)ccc1cccnc12. The molecule has 15 heavy (non-hydrogen) atoms. The van der Waals surface area contributed by atoms with E-state index in [1.54, 1.807) is 0 Å². The van der Waals surface area contributed by atoms with E-state index in [2.05, 4.69) is 47.4 Å². The molecular formula is C13H9BeN. The van der Waals surface area contributed by atoms with Crippen LogP contribution in [0.2, 0.25) is 0 Å². The third-order valence-corrected chi connectivity index (χ3v) is 2.50. The quantitative estimate of drug-likeness (QED) is 0.390. The molecule has 3 rings (SSSR count). The van der Waals surface area contributed by atoms with Crippen LogP contribution in [0, 0.1) is 0 Å². The molecule has 1 aromatic heterocycles. The maximum absolute atomic E-state index is 4.41. The van der Waals surface area contributed by atoms with Crippen LogP contribution in [0.4, 0.5) is 0 Å². The summed E-state index contributed by atoms with van der Waals surface area (Å²) < 4.78 is 0. The number of fused-ring (bicyclic) bond motifs is 3. The molecular weight excluding hydrogens is 179 g/mol. The third-order valence-electron chi connectivity index (χ3n) is 2.50. The van der Waals surface area contributed by atoms with Gasteiger partial charge in [-0.3, -0.25) is 4.98 Å². The number of rotatable bonds is 0. The molecule has 0 fully saturated rings. The van der Waals surface area contributed by atoms with Crippen LogP contribution in [0.25, 0.3) is 21.7 Å². The summed E-state index contributed by atoms with van der Waals surface area (Å²) in [5, 5.41) is 3.68. The summed E-state index contributed by atoms with van der Waals surface area (Å²) in [7, 11) is 0. The van der Waals surface area contributed by atoms with Crippen molar-refractivity contribution in [2.45, 2.75) is 0 Å². The Morgan fingerprint density at radius 2 is 1.47 bits per heavy atom. The van der Waals surface area contributed by atoms with Crippen molar-refractivity contribution in [2.75, 3.05) is 0 Å². The average Bonchev–Trinajstić information content (AvgIpc) is 2.29. The summed E-state index contributed by atoms with van der Waals surface area (Å²) in [6, 6.07) is 16.7. The maximum Gasteiger partial charge on any atom is 0.0780 e. The van der Waals surface area contributed by atoms with E-state index in [1.165, 1.54) is 16.2 Å². The smallest absolute Gasteiger partial charge is 0.0780 e. The topological polar surface area (TPSA) is 12.9 Å². The van der Waals surface area contributed by atoms with Gasteiger partial charge in [-0.05, 0) is 11.5 Å². The standard InChI is InChI=1S/C13H9N.Be/c1-2-6-12-10(4-1)7-8-11-5-3-9-14-13(11)12;/h1-9H;. The second kappa shape index (κ2) is 3.80. The van der Waals surface area contributed by atoms with Crippen molar-refractivity contribution >= 4 is 31.8 Å². The number of hydrogen-bond acceptors (Lipinski definition) is 1. The van der Waals surface area contributed by atoms with Crippen LogP contribution in [-0.4, -0.2) is 15.1 Å². The van der Waals surface area contributed by atoms with Crippen molar-refractivity contribution in [2.24, 2.45) is 0 Å². The van der Waals surface area contributed by atoms with Crippen LogP contribution in [0.5, 0.6) is 0 Å². The molecule has 0 atom stereocenters. The molecule has 1 nitrogen and oxygen atoms in total. The largest absolute Gasteiger partial charge is 0.256 e. The minimum absolute atomic E-state index is 0. The zero-order valence-corrected chi connectivity index (χ0v) is 8.35. The second-order valence-electron chi connectivity index (χ2n) is 3.36. The Bertz CT molecular complexity index is 550. The summed E-state index contributed by atoms with van der Waals surface area (Å²) in [4.78, 5) is 4.41. The van der Waals surface area contributed by atoms with Gasteiger partial charge >= 0.3 is 0 Å². The number of hydrogen-bond donors (Lipinski definition) is 0. The third kappa shape index (κ3) is 1.51.